The molecule has 2 fully saturated rings. The summed E-state index contributed by atoms with van der Waals surface area (Å²) in [7, 11) is 0. The van der Waals surface area contributed by atoms with Crippen LogP contribution in [0.25, 0.3) is 11.5 Å². The van der Waals surface area contributed by atoms with Crippen molar-refractivity contribution in [3.05, 3.63) is 47.9 Å². The third kappa shape index (κ3) is 3.83. The number of piperidine rings is 1. The van der Waals surface area contributed by atoms with Crippen molar-refractivity contribution in [2.24, 2.45) is 5.41 Å². The average Bonchev–Trinajstić information content (AvgIpc) is 3.12. The van der Waals surface area contributed by atoms with E-state index in [-0.39, 0.29) is 0 Å². The SMILES string of the molecule is CCCCc1noc(CN2CCC3(CC2)CC3c2nnc(-c3ccccc3)o2)n1. The molecule has 29 heavy (non-hydrogen) atoms. The molecule has 3 aromatic rings. The summed E-state index contributed by atoms with van der Waals surface area (Å²) in [5.74, 6) is 3.40. The van der Waals surface area contributed by atoms with Gasteiger partial charge in [0, 0.05) is 17.9 Å². The Kier molecular flexibility index (Phi) is 4.91. The fourth-order valence-electron chi connectivity index (χ4n) is 4.46. The zero-order chi connectivity index (χ0) is 19.7. The molecule has 0 bridgehead atoms. The van der Waals surface area contributed by atoms with Gasteiger partial charge in [0.05, 0.1) is 6.54 Å². The van der Waals surface area contributed by atoms with E-state index in [1.54, 1.807) is 0 Å². The first-order valence-electron chi connectivity index (χ1n) is 10.7. The predicted molar refractivity (Wildman–Crippen MR) is 107 cm³/mol. The molecular weight excluding hydrogens is 366 g/mol. The molecule has 1 saturated heterocycles. The summed E-state index contributed by atoms with van der Waals surface area (Å²) >= 11 is 0. The molecule has 152 valence electrons. The van der Waals surface area contributed by atoms with E-state index in [4.69, 9.17) is 8.94 Å². The molecule has 1 saturated carbocycles. The van der Waals surface area contributed by atoms with Gasteiger partial charge in [0.25, 0.3) is 0 Å². The van der Waals surface area contributed by atoms with Gasteiger partial charge in [-0.1, -0.05) is 36.7 Å². The van der Waals surface area contributed by atoms with E-state index < -0.39 is 0 Å². The number of benzene rings is 1. The number of hydrogen-bond acceptors (Lipinski definition) is 7. The summed E-state index contributed by atoms with van der Waals surface area (Å²) in [6.45, 7) is 5.01. The van der Waals surface area contributed by atoms with Gasteiger partial charge in [0.2, 0.25) is 17.7 Å². The second-order valence-electron chi connectivity index (χ2n) is 8.41. The zero-order valence-electron chi connectivity index (χ0n) is 16.9. The van der Waals surface area contributed by atoms with E-state index in [1.807, 2.05) is 30.3 Å². The molecule has 1 aliphatic heterocycles. The van der Waals surface area contributed by atoms with Crippen LogP contribution >= 0.6 is 0 Å². The highest BCUT2D eigenvalue weighted by molar-refractivity contribution is 5.51. The molecule has 1 spiro atoms. The third-order valence-corrected chi connectivity index (χ3v) is 6.42. The summed E-state index contributed by atoms with van der Waals surface area (Å²) in [6, 6.07) is 9.98. The monoisotopic (exact) mass is 393 g/mol. The number of aromatic nitrogens is 4. The van der Waals surface area contributed by atoms with Gasteiger partial charge in [-0.2, -0.15) is 4.98 Å². The zero-order valence-corrected chi connectivity index (χ0v) is 16.9. The summed E-state index contributed by atoms with van der Waals surface area (Å²) in [6.07, 6.45) is 6.61. The maximum absolute atomic E-state index is 6.01. The summed E-state index contributed by atoms with van der Waals surface area (Å²) in [4.78, 5) is 6.95. The third-order valence-electron chi connectivity index (χ3n) is 6.42. The van der Waals surface area contributed by atoms with Crippen molar-refractivity contribution in [2.75, 3.05) is 13.1 Å². The van der Waals surface area contributed by atoms with Crippen molar-refractivity contribution in [3.8, 4) is 11.5 Å². The highest BCUT2D eigenvalue weighted by Crippen LogP contribution is 2.64. The van der Waals surface area contributed by atoms with E-state index in [9.17, 15) is 0 Å². The van der Waals surface area contributed by atoms with Crippen LogP contribution in [0.5, 0.6) is 0 Å². The van der Waals surface area contributed by atoms with Crippen molar-refractivity contribution < 1.29 is 8.94 Å². The molecule has 1 unspecified atom stereocenters. The summed E-state index contributed by atoms with van der Waals surface area (Å²) < 4.78 is 11.4. The van der Waals surface area contributed by atoms with Crippen LogP contribution in [-0.2, 0) is 13.0 Å². The van der Waals surface area contributed by atoms with Crippen LogP contribution in [-0.4, -0.2) is 38.3 Å². The van der Waals surface area contributed by atoms with Crippen LogP contribution in [0.1, 0.15) is 62.6 Å². The van der Waals surface area contributed by atoms with Crippen LogP contribution in [0.15, 0.2) is 39.3 Å². The van der Waals surface area contributed by atoms with Gasteiger partial charge in [-0.05, 0) is 56.3 Å². The van der Waals surface area contributed by atoms with Crippen molar-refractivity contribution in [3.63, 3.8) is 0 Å². The molecule has 3 heterocycles. The molecule has 1 aromatic carbocycles. The van der Waals surface area contributed by atoms with Crippen LogP contribution in [0, 0.1) is 5.41 Å². The number of likely N-dealkylation sites (tertiary alicyclic amines) is 1. The molecule has 1 aliphatic carbocycles. The molecule has 7 nitrogen and oxygen atoms in total. The highest BCUT2D eigenvalue weighted by Gasteiger charge is 2.58. The van der Waals surface area contributed by atoms with Crippen molar-refractivity contribution in [1.82, 2.24) is 25.2 Å². The Hall–Kier alpha value is -2.54. The lowest BCUT2D eigenvalue weighted by atomic mass is 9.91. The number of unbranched alkanes of at least 4 members (excludes halogenated alkanes) is 1. The second-order valence-corrected chi connectivity index (χ2v) is 8.41. The Morgan fingerprint density at radius 2 is 1.97 bits per heavy atom. The lowest BCUT2D eigenvalue weighted by Crippen LogP contribution is -2.34. The fourth-order valence-corrected chi connectivity index (χ4v) is 4.46. The minimum absolute atomic E-state index is 0.331. The molecule has 5 rings (SSSR count). The number of nitrogens with zero attached hydrogens (tertiary/aromatic N) is 5. The molecule has 0 amide bonds. The minimum atomic E-state index is 0.331. The van der Waals surface area contributed by atoms with Crippen molar-refractivity contribution in [1.29, 1.82) is 0 Å². The molecule has 2 aliphatic rings. The van der Waals surface area contributed by atoms with Gasteiger partial charge < -0.3 is 8.94 Å². The number of aryl methyl sites for hydroxylation is 1. The quantitative estimate of drug-likeness (QED) is 0.594. The van der Waals surface area contributed by atoms with Crippen LogP contribution < -0.4 is 0 Å². The smallest absolute Gasteiger partial charge is 0.247 e. The van der Waals surface area contributed by atoms with Gasteiger partial charge in [-0.3, -0.25) is 4.90 Å². The van der Waals surface area contributed by atoms with Gasteiger partial charge in [0.15, 0.2) is 5.82 Å². The van der Waals surface area contributed by atoms with E-state index in [2.05, 4.69) is 32.2 Å². The van der Waals surface area contributed by atoms with Crippen LogP contribution in [0.2, 0.25) is 0 Å². The van der Waals surface area contributed by atoms with Crippen LogP contribution in [0.4, 0.5) is 0 Å². The molecule has 1 atom stereocenters. The van der Waals surface area contributed by atoms with E-state index in [1.165, 1.54) is 0 Å². The Labute approximate surface area is 170 Å². The number of hydrogen-bond donors (Lipinski definition) is 0. The summed E-state index contributed by atoms with van der Waals surface area (Å²) in [5.41, 5.74) is 1.31. The molecule has 0 N–H and O–H groups in total. The first-order chi connectivity index (χ1) is 14.3. The van der Waals surface area contributed by atoms with Gasteiger partial charge in [-0.25, -0.2) is 0 Å². The first kappa shape index (κ1) is 18.5. The standard InChI is InChI=1S/C22H27N5O2/c1-2-3-9-18-23-19(29-26-18)15-27-12-10-22(11-13-27)14-17(22)21-25-24-20(28-21)16-7-5-4-6-8-16/h4-8,17H,2-3,9-15H2,1H3. The lowest BCUT2D eigenvalue weighted by Gasteiger charge is -2.31. The van der Waals surface area contributed by atoms with E-state index in [0.717, 1.165) is 81.3 Å². The largest absolute Gasteiger partial charge is 0.420 e. The molecule has 7 heteroatoms. The van der Waals surface area contributed by atoms with Gasteiger partial charge >= 0.3 is 0 Å². The highest BCUT2D eigenvalue weighted by atomic mass is 16.5. The normalized spacial score (nSPS) is 20.9. The Balaban J connectivity index is 1.16. The van der Waals surface area contributed by atoms with Crippen molar-refractivity contribution >= 4 is 0 Å². The Morgan fingerprint density at radius 1 is 1.14 bits per heavy atom. The Bertz CT molecular complexity index is 943. The summed E-state index contributed by atoms with van der Waals surface area (Å²) in [5, 5.41) is 12.7. The van der Waals surface area contributed by atoms with Gasteiger partial charge in [0.1, 0.15) is 0 Å². The van der Waals surface area contributed by atoms with Crippen LogP contribution in [0.3, 0.4) is 0 Å². The first-order valence-corrected chi connectivity index (χ1v) is 10.7. The van der Waals surface area contributed by atoms with Crippen molar-refractivity contribution in [2.45, 2.75) is 57.9 Å². The fraction of sp³-hybridized carbons (Fsp3) is 0.545. The maximum atomic E-state index is 6.01. The van der Waals surface area contributed by atoms with E-state index in [0.29, 0.717) is 17.2 Å². The maximum Gasteiger partial charge on any atom is 0.247 e. The predicted octanol–water partition coefficient (Wildman–Crippen LogP) is 4.23. The lowest BCUT2D eigenvalue weighted by molar-refractivity contribution is 0.144. The molecule has 2 aromatic heterocycles. The average molecular weight is 393 g/mol. The molecular formula is C22H27N5O2. The second kappa shape index (κ2) is 7.71. The number of rotatable bonds is 7. The topological polar surface area (TPSA) is 81.1 Å². The van der Waals surface area contributed by atoms with Gasteiger partial charge in [-0.15, -0.1) is 10.2 Å². The molecule has 0 radical (unpaired) electrons. The minimum Gasteiger partial charge on any atom is -0.420 e. The Morgan fingerprint density at radius 3 is 2.76 bits per heavy atom. The van der Waals surface area contributed by atoms with E-state index >= 15 is 0 Å².